The second kappa shape index (κ2) is 8.87. The predicted octanol–water partition coefficient (Wildman–Crippen LogP) is 2.52. The van der Waals surface area contributed by atoms with E-state index in [4.69, 9.17) is 28.6 Å². The first kappa shape index (κ1) is 18.5. The lowest BCUT2D eigenvalue weighted by molar-refractivity contribution is -0.890. The Bertz CT molecular complexity index is 676. The van der Waals surface area contributed by atoms with Crippen molar-refractivity contribution in [2.75, 3.05) is 33.1 Å². The minimum absolute atomic E-state index is 0.255. The zero-order valence-corrected chi connectivity index (χ0v) is 15.7. The molecule has 0 aromatic heterocycles. The molecule has 0 heterocycles. The lowest BCUT2D eigenvalue weighted by Gasteiger charge is -2.23. The van der Waals surface area contributed by atoms with Crippen LogP contribution < -0.4 is 20.3 Å². The minimum Gasteiger partial charge on any atom is -0.497 e. The van der Waals surface area contributed by atoms with Crippen LogP contribution in [0.5, 0.6) is 5.75 Å². The number of rotatable bonds is 6. The summed E-state index contributed by atoms with van der Waals surface area (Å²) in [6, 6.07) is 15.8. The quantitative estimate of drug-likeness (QED) is 0.689. The summed E-state index contributed by atoms with van der Waals surface area (Å²) in [5.41, 5.74) is 2.11. The van der Waals surface area contributed by atoms with Crippen LogP contribution in [0.4, 0.5) is 5.69 Å². The SMILES string of the molecule is COc1cccc([C@@H](CNC(=S)Nc2ccc(Cl)cc2)[NH+](C)C)c1. The van der Waals surface area contributed by atoms with E-state index in [9.17, 15) is 0 Å². The van der Waals surface area contributed by atoms with Crippen LogP contribution in [0.25, 0.3) is 0 Å². The highest BCUT2D eigenvalue weighted by Crippen LogP contribution is 2.17. The molecular formula is C18H23ClN3OS+. The van der Waals surface area contributed by atoms with Gasteiger partial charge in [0.25, 0.3) is 0 Å². The Morgan fingerprint density at radius 1 is 1.21 bits per heavy atom. The van der Waals surface area contributed by atoms with E-state index in [1.54, 1.807) is 7.11 Å². The molecule has 2 rings (SSSR count). The van der Waals surface area contributed by atoms with Crippen LogP contribution in [-0.2, 0) is 0 Å². The Morgan fingerprint density at radius 2 is 1.92 bits per heavy atom. The molecule has 128 valence electrons. The molecule has 0 amide bonds. The van der Waals surface area contributed by atoms with Crippen molar-refractivity contribution >= 4 is 34.6 Å². The average Bonchev–Trinajstić information content (AvgIpc) is 2.57. The molecule has 0 bridgehead atoms. The molecule has 6 heteroatoms. The van der Waals surface area contributed by atoms with Gasteiger partial charge in [0.1, 0.15) is 11.8 Å². The third-order valence-electron chi connectivity index (χ3n) is 3.76. The number of likely N-dealkylation sites (N-methyl/N-ethyl adjacent to an activating group) is 1. The van der Waals surface area contributed by atoms with Gasteiger partial charge in [-0.1, -0.05) is 23.7 Å². The fourth-order valence-electron chi connectivity index (χ4n) is 2.42. The molecule has 24 heavy (non-hydrogen) atoms. The zero-order chi connectivity index (χ0) is 17.5. The molecule has 1 atom stereocenters. The van der Waals surface area contributed by atoms with E-state index in [0.29, 0.717) is 10.1 Å². The highest BCUT2D eigenvalue weighted by atomic mass is 35.5. The summed E-state index contributed by atoms with van der Waals surface area (Å²) in [7, 11) is 5.93. The maximum Gasteiger partial charge on any atom is 0.171 e. The Kier molecular flexibility index (Phi) is 6.85. The first-order valence-electron chi connectivity index (χ1n) is 7.74. The topological polar surface area (TPSA) is 37.7 Å². The maximum absolute atomic E-state index is 5.89. The zero-order valence-electron chi connectivity index (χ0n) is 14.1. The number of hydrogen-bond donors (Lipinski definition) is 3. The van der Waals surface area contributed by atoms with Crippen molar-refractivity contribution in [2.24, 2.45) is 0 Å². The Morgan fingerprint density at radius 3 is 2.54 bits per heavy atom. The van der Waals surface area contributed by atoms with Crippen molar-refractivity contribution in [3.63, 3.8) is 0 Å². The fourth-order valence-corrected chi connectivity index (χ4v) is 2.74. The number of methoxy groups -OCH3 is 1. The predicted molar refractivity (Wildman–Crippen MR) is 104 cm³/mol. The molecule has 3 N–H and O–H groups in total. The molecule has 2 aromatic carbocycles. The van der Waals surface area contributed by atoms with Crippen LogP contribution in [0.3, 0.4) is 0 Å². The third kappa shape index (κ3) is 5.37. The lowest BCUT2D eigenvalue weighted by atomic mass is 10.1. The van der Waals surface area contributed by atoms with E-state index < -0.39 is 0 Å². The van der Waals surface area contributed by atoms with Crippen LogP contribution in [-0.4, -0.2) is 32.9 Å². The summed E-state index contributed by atoms with van der Waals surface area (Å²) < 4.78 is 5.32. The smallest absolute Gasteiger partial charge is 0.171 e. The van der Waals surface area contributed by atoms with E-state index in [0.717, 1.165) is 18.0 Å². The average molecular weight is 365 g/mol. The molecule has 4 nitrogen and oxygen atoms in total. The number of thiocarbonyl (C=S) groups is 1. The summed E-state index contributed by atoms with van der Waals surface area (Å²) in [4.78, 5) is 1.31. The van der Waals surface area contributed by atoms with Gasteiger partial charge >= 0.3 is 0 Å². The van der Waals surface area contributed by atoms with Gasteiger partial charge in [0.05, 0.1) is 27.7 Å². The van der Waals surface area contributed by atoms with Crippen molar-refractivity contribution in [2.45, 2.75) is 6.04 Å². The number of hydrogen-bond acceptors (Lipinski definition) is 2. The lowest BCUT2D eigenvalue weighted by Crippen LogP contribution is -3.07. The van der Waals surface area contributed by atoms with Gasteiger partial charge in [-0.05, 0) is 48.6 Å². The summed E-state index contributed by atoms with van der Waals surface area (Å²) in [6.45, 7) is 0.717. The Balaban J connectivity index is 1.98. The minimum atomic E-state index is 0.255. The van der Waals surface area contributed by atoms with Gasteiger partial charge in [-0.15, -0.1) is 0 Å². The third-order valence-corrected chi connectivity index (χ3v) is 4.26. The van der Waals surface area contributed by atoms with Gasteiger partial charge in [-0.2, -0.15) is 0 Å². The molecular weight excluding hydrogens is 342 g/mol. The number of halogens is 1. The molecule has 2 aromatic rings. The molecule has 0 aliphatic heterocycles. The normalized spacial score (nSPS) is 11.9. The molecule has 0 spiro atoms. The molecule has 0 unspecified atom stereocenters. The van der Waals surface area contributed by atoms with Crippen molar-refractivity contribution in [1.82, 2.24) is 5.32 Å². The van der Waals surface area contributed by atoms with Crippen molar-refractivity contribution < 1.29 is 9.64 Å². The molecule has 0 saturated heterocycles. The van der Waals surface area contributed by atoms with Gasteiger partial charge < -0.3 is 20.3 Å². The van der Waals surface area contributed by atoms with Gasteiger partial charge in [0, 0.05) is 16.3 Å². The van der Waals surface area contributed by atoms with Gasteiger partial charge in [-0.25, -0.2) is 0 Å². The molecule has 0 fully saturated rings. The first-order valence-corrected chi connectivity index (χ1v) is 8.52. The summed E-state index contributed by atoms with van der Waals surface area (Å²) in [5.74, 6) is 0.862. The number of anilines is 1. The van der Waals surface area contributed by atoms with E-state index >= 15 is 0 Å². The van der Waals surface area contributed by atoms with E-state index in [1.807, 2.05) is 36.4 Å². The molecule has 0 radical (unpaired) electrons. The monoisotopic (exact) mass is 364 g/mol. The second-order valence-electron chi connectivity index (χ2n) is 5.75. The fraction of sp³-hybridized carbons (Fsp3) is 0.278. The van der Waals surface area contributed by atoms with Gasteiger partial charge in [-0.3, -0.25) is 0 Å². The molecule has 0 saturated carbocycles. The maximum atomic E-state index is 5.89. The Hall–Kier alpha value is -1.82. The van der Waals surface area contributed by atoms with E-state index in [-0.39, 0.29) is 6.04 Å². The number of nitrogens with one attached hydrogen (secondary N) is 3. The largest absolute Gasteiger partial charge is 0.497 e. The van der Waals surface area contributed by atoms with Crippen LogP contribution >= 0.6 is 23.8 Å². The van der Waals surface area contributed by atoms with Crippen LogP contribution in [0, 0.1) is 0 Å². The first-order chi connectivity index (χ1) is 11.5. The second-order valence-corrected chi connectivity index (χ2v) is 6.59. The number of quaternary nitrogens is 1. The molecule has 0 aliphatic rings. The van der Waals surface area contributed by atoms with E-state index in [2.05, 4.69) is 36.9 Å². The van der Waals surface area contributed by atoms with Crippen LogP contribution in [0.15, 0.2) is 48.5 Å². The highest BCUT2D eigenvalue weighted by molar-refractivity contribution is 7.80. The van der Waals surface area contributed by atoms with Crippen molar-refractivity contribution in [3.05, 3.63) is 59.1 Å². The summed E-state index contributed by atoms with van der Waals surface area (Å²) in [6.07, 6.45) is 0. The highest BCUT2D eigenvalue weighted by Gasteiger charge is 2.18. The van der Waals surface area contributed by atoms with Crippen LogP contribution in [0.2, 0.25) is 5.02 Å². The van der Waals surface area contributed by atoms with Gasteiger partial charge in [0.15, 0.2) is 5.11 Å². The van der Waals surface area contributed by atoms with Crippen LogP contribution in [0.1, 0.15) is 11.6 Å². The van der Waals surface area contributed by atoms with E-state index in [1.165, 1.54) is 10.5 Å². The standard InChI is InChI=1S/C18H22ClN3OS/c1-22(2)17(13-5-4-6-16(11-13)23-3)12-20-18(24)21-15-9-7-14(19)8-10-15/h4-11,17H,12H2,1-3H3,(H2,20,21,24)/p+1/t17-/m1/s1. The van der Waals surface area contributed by atoms with Crippen molar-refractivity contribution in [3.8, 4) is 5.75 Å². The van der Waals surface area contributed by atoms with Gasteiger partial charge in [0.2, 0.25) is 0 Å². The molecule has 0 aliphatic carbocycles. The number of ether oxygens (including phenoxy) is 1. The Labute approximate surface area is 153 Å². The summed E-state index contributed by atoms with van der Waals surface area (Å²) >= 11 is 11.3. The summed E-state index contributed by atoms with van der Waals surface area (Å²) in [5, 5.41) is 7.75. The van der Waals surface area contributed by atoms with Crippen molar-refractivity contribution in [1.29, 1.82) is 0 Å². The number of benzene rings is 2.